The third-order valence-corrected chi connectivity index (χ3v) is 20.3. The van der Waals surface area contributed by atoms with Gasteiger partial charge in [-0.25, -0.2) is 37.5 Å². The third kappa shape index (κ3) is 27.6. The number of nitrogens with two attached hydrogens (primary N) is 1. The van der Waals surface area contributed by atoms with Crippen LogP contribution in [0.15, 0.2) is 219 Å². The largest absolute Gasteiger partial charge is 0.481 e. The molecule has 8 heterocycles. The van der Waals surface area contributed by atoms with Crippen molar-refractivity contribution in [2.75, 3.05) is 60.6 Å². The first kappa shape index (κ1) is 95.0. The van der Waals surface area contributed by atoms with Gasteiger partial charge in [-0.1, -0.05) is 112 Å². The van der Waals surface area contributed by atoms with E-state index < -0.39 is 29.2 Å². The van der Waals surface area contributed by atoms with Crippen LogP contribution in [0.25, 0.3) is 44.5 Å². The number of methoxy groups -OCH3 is 1. The highest BCUT2D eigenvalue weighted by Crippen LogP contribution is 2.32. The van der Waals surface area contributed by atoms with Crippen LogP contribution in [-0.2, 0) is 44.9 Å². The number of halogens is 6. The summed E-state index contributed by atoms with van der Waals surface area (Å²) in [6.07, 6.45) is 20.1. The lowest BCUT2D eigenvalue weighted by Gasteiger charge is -2.18. The average Bonchev–Trinajstić information content (AvgIpc) is 0.827. The molecule has 0 saturated heterocycles. The number of ketones is 4. The van der Waals surface area contributed by atoms with Gasteiger partial charge in [0.15, 0.2) is 23.1 Å². The van der Waals surface area contributed by atoms with Crippen LogP contribution in [0.2, 0.25) is 5.15 Å². The van der Waals surface area contributed by atoms with Gasteiger partial charge in [0.25, 0.3) is 0 Å². The molecule has 12 rings (SSSR count). The van der Waals surface area contributed by atoms with E-state index in [-0.39, 0.29) is 75.9 Å². The lowest BCUT2D eigenvalue weighted by Crippen LogP contribution is -2.26. The predicted molar refractivity (Wildman–Crippen MR) is 475 cm³/mol. The molecule has 4 amide bonds. The average molecular weight is 1720 g/mol. The number of rotatable bonds is 33. The van der Waals surface area contributed by atoms with Gasteiger partial charge in [0.2, 0.25) is 35.5 Å². The Bertz CT molecular complexity index is 5270. The zero-order valence-corrected chi connectivity index (χ0v) is 71.7. The Balaban J connectivity index is 0.000000189. The second kappa shape index (κ2) is 47.0. The van der Waals surface area contributed by atoms with Crippen molar-refractivity contribution in [1.82, 2.24) is 39.9 Å². The number of aromatic nitrogens is 8. The molecule has 646 valence electrons. The van der Waals surface area contributed by atoms with Gasteiger partial charge >= 0.3 is 0 Å². The van der Waals surface area contributed by atoms with Gasteiger partial charge in [-0.3, -0.25) is 58.3 Å². The van der Waals surface area contributed by atoms with Crippen LogP contribution in [0.5, 0.6) is 5.88 Å². The molecule has 0 unspecified atom stereocenters. The van der Waals surface area contributed by atoms with E-state index >= 15 is 0 Å². The molecular weight excluding hydrogens is 1620 g/mol. The molecule has 0 fully saturated rings. The quantitative estimate of drug-likeness (QED) is 0.0227. The Morgan fingerprint density at radius 3 is 0.808 bits per heavy atom. The molecule has 0 aliphatic heterocycles. The van der Waals surface area contributed by atoms with Gasteiger partial charge in [0, 0.05) is 157 Å². The highest BCUT2D eigenvalue weighted by molar-refractivity contribution is 6.29. The summed E-state index contributed by atoms with van der Waals surface area (Å²) in [5.74, 6) is -2.47. The molecule has 28 heteroatoms. The SMILES string of the molecule is CCCC(=O)N(C)c1ccc(-c2ccc(C(=O)CCc3ccc(Cl)nc3)nc2)cc1F.CCCC(=O)N(C)c1ccc(-c2ccc(C(=O)CCc3ccc(F)nc3)nc2)cc1F.CCCC(=O)N(C)c1ccc(-c2ccc(C(=O)CCc3ccc(N)nc3)nc2)cc1F.CCCC(=O)N(C)c1ccc(-c2ccc(C(=O)CCc3ccc(OC)nc3)nc2)cc1F. The standard InChI is InChI=1S/C25H26FN3O3.C24H23ClFN3O2.C24H23F2N3O2.C24H25FN4O2/c1-4-5-25(31)29(2)22-11-9-18(14-20(22)26)19-8-10-21(27-16-19)23(30)12-6-17-7-13-24(32-3)28-15-17;1-3-4-24(31)29(2)21-10-8-17(13-19(21)26)18-7-9-20(27-15-18)22(30)11-5-16-6-12-23(25)28-14-16;2*1-3-4-24(31)29(2)21-10-8-17(13-19(21)25)18-7-9-20(27-15-18)22(30)11-5-16-6-12-23(26)28-14-16/h7-11,13-16H,4-6,12H2,1-3H3;2*6-10,12-15H,3-5,11H2,1-2H3;6-10,12-15H,3-5,11H2,1-2H3,(H2,26,28). The Morgan fingerprint density at radius 1 is 0.312 bits per heavy atom. The van der Waals surface area contributed by atoms with E-state index in [0.29, 0.717) is 180 Å². The Hall–Kier alpha value is -13.8. The summed E-state index contributed by atoms with van der Waals surface area (Å²) in [6.45, 7) is 7.61. The van der Waals surface area contributed by atoms with Crippen LogP contribution in [0.1, 0.15) is 169 Å². The van der Waals surface area contributed by atoms with E-state index in [0.717, 1.165) is 22.3 Å². The van der Waals surface area contributed by atoms with Crippen LogP contribution in [0.3, 0.4) is 0 Å². The summed E-state index contributed by atoms with van der Waals surface area (Å²) in [7, 11) is 7.81. The number of carbonyl (C=O) groups is 8. The molecule has 0 bridgehead atoms. The van der Waals surface area contributed by atoms with E-state index in [1.165, 1.54) is 62.3 Å². The smallest absolute Gasteiger partial charge is 0.226 e. The second-order valence-electron chi connectivity index (χ2n) is 29.2. The van der Waals surface area contributed by atoms with Gasteiger partial charge in [-0.05, 0) is 187 Å². The highest BCUT2D eigenvalue weighted by Gasteiger charge is 2.22. The molecule has 22 nitrogen and oxygen atoms in total. The Kier molecular flexibility index (Phi) is 35.7. The van der Waals surface area contributed by atoms with Gasteiger partial charge < -0.3 is 30.1 Å². The number of amides is 4. The van der Waals surface area contributed by atoms with Crippen molar-refractivity contribution in [2.45, 2.75) is 130 Å². The molecule has 0 radical (unpaired) electrons. The summed E-state index contributed by atoms with van der Waals surface area (Å²) in [5, 5.41) is 0.413. The van der Waals surface area contributed by atoms with Crippen molar-refractivity contribution in [2.24, 2.45) is 0 Å². The molecule has 2 N–H and O–H groups in total. The number of aryl methyl sites for hydroxylation is 4. The summed E-state index contributed by atoms with van der Waals surface area (Å²) in [5.41, 5.74) is 16.6. The Morgan fingerprint density at radius 2 is 0.584 bits per heavy atom. The molecule has 8 aromatic heterocycles. The maximum Gasteiger partial charge on any atom is 0.226 e. The molecule has 0 saturated carbocycles. The minimum atomic E-state index is -0.559. The van der Waals surface area contributed by atoms with Gasteiger partial charge in [0.1, 0.15) is 57.0 Å². The molecule has 0 spiro atoms. The fourth-order valence-corrected chi connectivity index (χ4v) is 12.8. The minimum absolute atomic E-state index is 0.0787. The van der Waals surface area contributed by atoms with Crippen molar-refractivity contribution in [3.05, 3.63) is 299 Å². The number of nitrogen functional groups attached to an aromatic ring is 1. The van der Waals surface area contributed by atoms with Crippen molar-refractivity contribution in [3.63, 3.8) is 0 Å². The Labute approximate surface area is 728 Å². The maximum absolute atomic E-state index is 14.6. The highest BCUT2D eigenvalue weighted by atomic mass is 35.5. The van der Waals surface area contributed by atoms with Crippen LogP contribution in [0.4, 0.5) is 50.5 Å². The number of nitrogens with zero attached hydrogens (tertiary/aromatic N) is 12. The minimum Gasteiger partial charge on any atom is -0.481 e. The van der Waals surface area contributed by atoms with Crippen molar-refractivity contribution >= 4 is 86.9 Å². The third-order valence-electron chi connectivity index (χ3n) is 20.1. The topological polar surface area (TPSA) is 288 Å². The van der Waals surface area contributed by atoms with Crippen LogP contribution in [0, 0.1) is 29.2 Å². The maximum atomic E-state index is 14.6. The predicted octanol–water partition coefficient (Wildman–Crippen LogP) is 19.8. The number of pyridine rings is 8. The fraction of sp³-hybridized carbons (Fsp3) is 0.258. The van der Waals surface area contributed by atoms with Gasteiger partial charge in [-0.2, -0.15) is 4.39 Å². The molecule has 0 atom stereocenters. The monoisotopic (exact) mass is 1720 g/mol. The van der Waals surface area contributed by atoms with E-state index in [4.69, 9.17) is 22.1 Å². The van der Waals surface area contributed by atoms with E-state index in [1.807, 2.05) is 45.9 Å². The van der Waals surface area contributed by atoms with Crippen molar-refractivity contribution < 1.29 is 65.0 Å². The lowest BCUT2D eigenvalue weighted by atomic mass is 10.0. The zero-order valence-electron chi connectivity index (χ0n) is 71.0. The number of ether oxygens (including phenoxy) is 1. The molecule has 125 heavy (non-hydrogen) atoms. The van der Waals surface area contributed by atoms with Gasteiger partial charge in [0.05, 0.1) is 29.9 Å². The number of carbonyl (C=O) groups excluding carboxylic acids is 8. The molecule has 4 aromatic carbocycles. The number of benzene rings is 4. The number of anilines is 5. The molecule has 0 aliphatic carbocycles. The van der Waals surface area contributed by atoms with Crippen LogP contribution < -0.4 is 30.1 Å². The second-order valence-corrected chi connectivity index (χ2v) is 29.6. The lowest BCUT2D eigenvalue weighted by molar-refractivity contribution is -0.119. The van der Waals surface area contributed by atoms with Crippen molar-refractivity contribution in [3.8, 4) is 50.4 Å². The summed E-state index contributed by atoms with van der Waals surface area (Å²) < 4.78 is 76.3. The number of hydrogen-bond donors (Lipinski definition) is 1. The summed E-state index contributed by atoms with van der Waals surface area (Å²) in [4.78, 5) is 136. The van der Waals surface area contributed by atoms with Crippen LogP contribution in [-0.4, -0.2) is 122 Å². The first-order valence-electron chi connectivity index (χ1n) is 40.7. The van der Waals surface area contributed by atoms with E-state index in [9.17, 15) is 60.3 Å². The molecular formula is C97H97ClF5N13O9. The number of Topliss-reactive ketones (excluding diaryl/α,β-unsaturated/α-hetero) is 4. The summed E-state index contributed by atoms with van der Waals surface area (Å²) in [6, 6.07) is 45.7. The van der Waals surface area contributed by atoms with Crippen LogP contribution >= 0.6 is 11.6 Å². The fourth-order valence-electron chi connectivity index (χ4n) is 12.7. The zero-order chi connectivity index (χ0) is 90.2. The van der Waals surface area contributed by atoms with E-state index in [1.54, 1.807) is 194 Å². The first-order valence-corrected chi connectivity index (χ1v) is 41.1. The molecule has 12 aromatic rings. The van der Waals surface area contributed by atoms with Gasteiger partial charge in [-0.15, -0.1) is 0 Å². The van der Waals surface area contributed by atoms with Crippen molar-refractivity contribution in [1.29, 1.82) is 0 Å². The normalized spacial score (nSPS) is 10.7. The number of hydrogen-bond acceptors (Lipinski definition) is 18. The van der Waals surface area contributed by atoms with E-state index in [2.05, 4.69) is 39.9 Å². The first-order chi connectivity index (χ1) is 60.1. The molecule has 0 aliphatic rings. The summed E-state index contributed by atoms with van der Waals surface area (Å²) >= 11 is 5.77.